The number of pyridine rings is 2. The van der Waals surface area contributed by atoms with Gasteiger partial charge in [0.25, 0.3) is 5.91 Å². The van der Waals surface area contributed by atoms with E-state index in [2.05, 4.69) is 35.3 Å². The third-order valence-corrected chi connectivity index (χ3v) is 5.46. The SMILES string of the molecule is COc1cccc(Cc2cccc(C3CCN(C(=O)c4cccnc4)CC3)n2)c1. The van der Waals surface area contributed by atoms with Gasteiger partial charge in [-0.2, -0.15) is 0 Å². The molecule has 5 nitrogen and oxygen atoms in total. The zero-order valence-corrected chi connectivity index (χ0v) is 16.6. The summed E-state index contributed by atoms with van der Waals surface area (Å²) in [4.78, 5) is 23.5. The molecule has 0 saturated carbocycles. The van der Waals surface area contributed by atoms with E-state index in [9.17, 15) is 4.79 Å². The molecule has 3 heterocycles. The Kier molecular flexibility index (Phi) is 5.84. The first-order valence-corrected chi connectivity index (χ1v) is 10.0. The van der Waals surface area contributed by atoms with Crippen LogP contribution in [0, 0.1) is 0 Å². The average Bonchev–Trinajstić information content (AvgIpc) is 2.79. The summed E-state index contributed by atoms with van der Waals surface area (Å²) in [5.41, 5.74) is 4.03. The van der Waals surface area contributed by atoms with Crippen LogP contribution in [0.3, 0.4) is 0 Å². The van der Waals surface area contributed by atoms with Crippen molar-refractivity contribution in [3.8, 4) is 5.75 Å². The minimum absolute atomic E-state index is 0.0660. The monoisotopic (exact) mass is 387 g/mol. The van der Waals surface area contributed by atoms with Crippen molar-refractivity contribution in [2.24, 2.45) is 0 Å². The van der Waals surface area contributed by atoms with Crippen molar-refractivity contribution in [2.75, 3.05) is 20.2 Å². The Balaban J connectivity index is 1.40. The van der Waals surface area contributed by atoms with Crippen LogP contribution in [0.15, 0.2) is 67.0 Å². The molecular weight excluding hydrogens is 362 g/mol. The number of likely N-dealkylation sites (tertiary alicyclic amines) is 1. The summed E-state index contributed by atoms with van der Waals surface area (Å²) in [6, 6.07) is 18.0. The molecule has 5 heteroatoms. The molecule has 1 saturated heterocycles. The van der Waals surface area contributed by atoms with Gasteiger partial charge in [-0.1, -0.05) is 18.2 Å². The Labute approximate surface area is 171 Å². The highest BCUT2D eigenvalue weighted by molar-refractivity contribution is 5.93. The molecule has 1 aliphatic rings. The number of hydrogen-bond acceptors (Lipinski definition) is 4. The van der Waals surface area contributed by atoms with Gasteiger partial charge in [-0.3, -0.25) is 14.8 Å². The Bertz CT molecular complexity index is 967. The van der Waals surface area contributed by atoms with Crippen molar-refractivity contribution in [1.29, 1.82) is 0 Å². The molecule has 0 aliphatic carbocycles. The maximum absolute atomic E-state index is 12.6. The summed E-state index contributed by atoms with van der Waals surface area (Å²) in [5, 5.41) is 0. The molecule has 148 valence electrons. The fourth-order valence-corrected chi connectivity index (χ4v) is 3.87. The second-order valence-electron chi connectivity index (χ2n) is 7.39. The Morgan fingerprint density at radius 3 is 2.69 bits per heavy atom. The highest BCUT2D eigenvalue weighted by Gasteiger charge is 2.25. The van der Waals surface area contributed by atoms with Crippen molar-refractivity contribution in [1.82, 2.24) is 14.9 Å². The van der Waals surface area contributed by atoms with E-state index in [0.29, 0.717) is 11.5 Å². The molecule has 2 aromatic heterocycles. The van der Waals surface area contributed by atoms with Gasteiger partial charge in [-0.05, 0) is 54.8 Å². The van der Waals surface area contributed by atoms with E-state index in [0.717, 1.165) is 49.5 Å². The predicted molar refractivity (Wildman–Crippen MR) is 112 cm³/mol. The van der Waals surface area contributed by atoms with Crippen LogP contribution in [-0.2, 0) is 6.42 Å². The second kappa shape index (κ2) is 8.86. The maximum atomic E-state index is 12.6. The van der Waals surface area contributed by atoms with E-state index in [1.165, 1.54) is 5.56 Å². The molecule has 0 radical (unpaired) electrons. The Morgan fingerprint density at radius 2 is 1.93 bits per heavy atom. The van der Waals surface area contributed by atoms with E-state index in [1.807, 2.05) is 23.1 Å². The summed E-state index contributed by atoms with van der Waals surface area (Å²) in [5.74, 6) is 1.32. The van der Waals surface area contributed by atoms with Crippen LogP contribution in [-0.4, -0.2) is 41.0 Å². The van der Waals surface area contributed by atoms with Crippen molar-refractivity contribution in [3.63, 3.8) is 0 Å². The van der Waals surface area contributed by atoms with E-state index in [-0.39, 0.29) is 5.91 Å². The van der Waals surface area contributed by atoms with E-state index < -0.39 is 0 Å². The van der Waals surface area contributed by atoms with Crippen LogP contribution in [0.4, 0.5) is 0 Å². The summed E-state index contributed by atoms with van der Waals surface area (Å²) in [6.45, 7) is 1.50. The molecule has 0 unspecified atom stereocenters. The smallest absolute Gasteiger partial charge is 0.255 e. The zero-order chi connectivity index (χ0) is 20.1. The van der Waals surface area contributed by atoms with E-state index in [4.69, 9.17) is 9.72 Å². The van der Waals surface area contributed by atoms with Gasteiger partial charge in [0.05, 0.1) is 12.7 Å². The second-order valence-corrected chi connectivity index (χ2v) is 7.39. The van der Waals surface area contributed by atoms with Crippen molar-refractivity contribution in [2.45, 2.75) is 25.2 Å². The van der Waals surface area contributed by atoms with Crippen LogP contribution >= 0.6 is 0 Å². The van der Waals surface area contributed by atoms with Gasteiger partial charge >= 0.3 is 0 Å². The lowest BCUT2D eigenvalue weighted by atomic mass is 9.92. The summed E-state index contributed by atoms with van der Waals surface area (Å²) in [7, 11) is 1.68. The number of amides is 1. The standard InChI is InChI=1S/C24H25N3O2/c1-29-22-8-2-5-18(16-22)15-21-7-3-9-23(26-21)19-10-13-27(14-11-19)24(28)20-6-4-12-25-17-20/h2-9,12,16-17,19H,10-11,13-15H2,1H3. The number of carbonyl (C=O) groups is 1. The van der Waals surface area contributed by atoms with Gasteiger partial charge in [0.1, 0.15) is 5.75 Å². The molecule has 1 amide bonds. The number of ether oxygens (including phenoxy) is 1. The molecule has 1 aliphatic heterocycles. The lowest BCUT2D eigenvalue weighted by molar-refractivity contribution is 0.0711. The quantitative estimate of drug-likeness (QED) is 0.662. The van der Waals surface area contributed by atoms with Crippen LogP contribution in [0.1, 0.15) is 46.1 Å². The largest absolute Gasteiger partial charge is 0.497 e. The predicted octanol–water partition coefficient (Wildman–Crippen LogP) is 4.10. The molecule has 1 fully saturated rings. The zero-order valence-electron chi connectivity index (χ0n) is 16.6. The van der Waals surface area contributed by atoms with Gasteiger partial charge in [-0.25, -0.2) is 0 Å². The molecule has 0 N–H and O–H groups in total. The average molecular weight is 387 g/mol. The third-order valence-electron chi connectivity index (χ3n) is 5.46. The fraction of sp³-hybridized carbons (Fsp3) is 0.292. The summed E-state index contributed by atoms with van der Waals surface area (Å²) < 4.78 is 5.32. The van der Waals surface area contributed by atoms with Crippen LogP contribution in [0.5, 0.6) is 5.75 Å². The number of carbonyl (C=O) groups excluding carboxylic acids is 1. The first kappa shape index (κ1) is 19.1. The Morgan fingerprint density at radius 1 is 1.10 bits per heavy atom. The van der Waals surface area contributed by atoms with Gasteiger partial charge in [0, 0.05) is 49.2 Å². The summed E-state index contributed by atoms with van der Waals surface area (Å²) >= 11 is 0. The minimum Gasteiger partial charge on any atom is -0.497 e. The number of hydrogen-bond donors (Lipinski definition) is 0. The van der Waals surface area contributed by atoms with Crippen LogP contribution in [0.25, 0.3) is 0 Å². The molecule has 0 bridgehead atoms. The first-order valence-electron chi connectivity index (χ1n) is 10.0. The molecular formula is C24H25N3O2. The van der Waals surface area contributed by atoms with Crippen molar-refractivity contribution < 1.29 is 9.53 Å². The van der Waals surface area contributed by atoms with E-state index in [1.54, 1.807) is 25.6 Å². The Hall–Kier alpha value is -3.21. The van der Waals surface area contributed by atoms with Gasteiger partial charge < -0.3 is 9.64 Å². The van der Waals surface area contributed by atoms with Gasteiger partial charge in [0.2, 0.25) is 0 Å². The molecule has 1 aromatic carbocycles. The van der Waals surface area contributed by atoms with Crippen molar-refractivity contribution in [3.05, 3.63) is 89.5 Å². The molecule has 29 heavy (non-hydrogen) atoms. The summed E-state index contributed by atoms with van der Waals surface area (Å²) in [6.07, 6.45) is 5.97. The topological polar surface area (TPSA) is 55.3 Å². The number of piperidine rings is 1. The van der Waals surface area contributed by atoms with Gasteiger partial charge in [0.15, 0.2) is 0 Å². The number of aromatic nitrogens is 2. The molecule has 0 spiro atoms. The number of rotatable bonds is 5. The molecule has 3 aromatic rings. The molecule has 4 rings (SSSR count). The van der Waals surface area contributed by atoms with Crippen LogP contribution < -0.4 is 4.74 Å². The third kappa shape index (κ3) is 4.62. The normalized spacial score (nSPS) is 14.6. The van der Waals surface area contributed by atoms with E-state index >= 15 is 0 Å². The van der Waals surface area contributed by atoms with Crippen LogP contribution in [0.2, 0.25) is 0 Å². The highest BCUT2D eigenvalue weighted by atomic mass is 16.5. The first-order chi connectivity index (χ1) is 14.2. The number of benzene rings is 1. The van der Waals surface area contributed by atoms with Crippen molar-refractivity contribution >= 4 is 5.91 Å². The minimum atomic E-state index is 0.0660. The van der Waals surface area contributed by atoms with Gasteiger partial charge in [-0.15, -0.1) is 0 Å². The molecule has 0 atom stereocenters. The fourth-order valence-electron chi connectivity index (χ4n) is 3.87. The lowest BCUT2D eigenvalue weighted by Gasteiger charge is -2.32. The number of nitrogens with zero attached hydrogens (tertiary/aromatic N) is 3. The maximum Gasteiger partial charge on any atom is 0.255 e. The highest BCUT2D eigenvalue weighted by Crippen LogP contribution is 2.28. The lowest BCUT2D eigenvalue weighted by Crippen LogP contribution is -2.38. The number of methoxy groups -OCH3 is 1.